The number of benzene rings is 1. The SMILES string of the molecule is COc1ccccc1C(CN)N(C)CC1CCN(C)C1. The normalized spacial score (nSPS) is 21.4. The summed E-state index contributed by atoms with van der Waals surface area (Å²) in [7, 11) is 6.08. The van der Waals surface area contributed by atoms with E-state index in [2.05, 4.69) is 36.0 Å². The van der Waals surface area contributed by atoms with Crippen LogP contribution >= 0.6 is 0 Å². The lowest BCUT2D eigenvalue weighted by molar-refractivity contribution is 0.208. The molecule has 1 aromatic carbocycles. The molecule has 0 aromatic heterocycles. The number of likely N-dealkylation sites (tertiary alicyclic amines) is 1. The van der Waals surface area contributed by atoms with E-state index in [4.69, 9.17) is 10.5 Å². The Kier molecular flexibility index (Phi) is 5.40. The largest absolute Gasteiger partial charge is 0.496 e. The molecule has 0 amide bonds. The minimum atomic E-state index is 0.219. The van der Waals surface area contributed by atoms with E-state index in [0.29, 0.717) is 6.54 Å². The van der Waals surface area contributed by atoms with Crippen LogP contribution in [-0.4, -0.2) is 57.2 Å². The Bertz CT molecular complexity index is 424. The van der Waals surface area contributed by atoms with E-state index in [1.165, 1.54) is 25.1 Å². The Morgan fingerprint density at radius 3 is 2.80 bits per heavy atom. The van der Waals surface area contributed by atoms with Crippen LogP contribution in [0.4, 0.5) is 0 Å². The fourth-order valence-electron chi connectivity index (χ4n) is 3.20. The summed E-state index contributed by atoms with van der Waals surface area (Å²) < 4.78 is 5.47. The molecule has 0 bridgehead atoms. The van der Waals surface area contributed by atoms with Crippen LogP contribution in [0.5, 0.6) is 5.75 Å². The van der Waals surface area contributed by atoms with Crippen molar-refractivity contribution in [2.75, 3.05) is 47.4 Å². The zero-order chi connectivity index (χ0) is 14.5. The van der Waals surface area contributed by atoms with Crippen molar-refractivity contribution >= 4 is 0 Å². The summed E-state index contributed by atoms with van der Waals surface area (Å²) in [6, 6.07) is 8.40. The van der Waals surface area contributed by atoms with Crippen molar-refractivity contribution in [1.82, 2.24) is 9.80 Å². The van der Waals surface area contributed by atoms with Crippen LogP contribution in [0.25, 0.3) is 0 Å². The van der Waals surface area contributed by atoms with Crippen molar-refractivity contribution < 1.29 is 4.74 Å². The highest BCUT2D eigenvalue weighted by Crippen LogP contribution is 2.29. The van der Waals surface area contributed by atoms with Crippen LogP contribution in [0, 0.1) is 5.92 Å². The highest BCUT2D eigenvalue weighted by Gasteiger charge is 2.25. The average Bonchev–Trinajstić information content (AvgIpc) is 2.85. The highest BCUT2D eigenvalue weighted by atomic mass is 16.5. The number of methoxy groups -OCH3 is 1. The third-order valence-electron chi connectivity index (χ3n) is 4.29. The molecule has 0 radical (unpaired) electrons. The minimum absolute atomic E-state index is 0.219. The van der Waals surface area contributed by atoms with Gasteiger partial charge in [-0.25, -0.2) is 0 Å². The summed E-state index contributed by atoms with van der Waals surface area (Å²) in [5, 5.41) is 0. The monoisotopic (exact) mass is 277 g/mol. The molecule has 2 unspecified atom stereocenters. The summed E-state index contributed by atoms with van der Waals surface area (Å²) in [5.41, 5.74) is 7.21. The lowest BCUT2D eigenvalue weighted by Crippen LogP contribution is -2.35. The first-order valence-electron chi connectivity index (χ1n) is 7.37. The van der Waals surface area contributed by atoms with E-state index < -0.39 is 0 Å². The minimum Gasteiger partial charge on any atom is -0.496 e. The molecule has 2 atom stereocenters. The second kappa shape index (κ2) is 7.07. The molecule has 1 heterocycles. The van der Waals surface area contributed by atoms with E-state index in [1.807, 2.05) is 12.1 Å². The standard InChI is InChI=1S/C16H27N3O/c1-18-9-8-13(11-18)12-19(2)15(10-17)14-6-4-5-7-16(14)20-3/h4-7,13,15H,8-12,17H2,1-3H3. The summed E-state index contributed by atoms with van der Waals surface area (Å²) in [6.07, 6.45) is 1.28. The molecule has 4 nitrogen and oxygen atoms in total. The van der Waals surface area contributed by atoms with Gasteiger partial charge in [0.25, 0.3) is 0 Å². The first-order valence-corrected chi connectivity index (χ1v) is 7.37. The fourth-order valence-corrected chi connectivity index (χ4v) is 3.20. The van der Waals surface area contributed by atoms with Crippen LogP contribution in [0.3, 0.4) is 0 Å². The number of likely N-dealkylation sites (N-methyl/N-ethyl adjacent to an activating group) is 1. The average molecular weight is 277 g/mol. The Morgan fingerprint density at radius 2 is 2.20 bits per heavy atom. The number of ether oxygens (including phenoxy) is 1. The lowest BCUT2D eigenvalue weighted by Gasteiger charge is -2.30. The predicted molar refractivity (Wildman–Crippen MR) is 83.0 cm³/mol. The second-order valence-corrected chi connectivity index (χ2v) is 5.85. The Morgan fingerprint density at radius 1 is 1.45 bits per heavy atom. The lowest BCUT2D eigenvalue weighted by atomic mass is 10.0. The molecule has 112 valence electrons. The van der Waals surface area contributed by atoms with E-state index in [9.17, 15) is 0 Å². The zero-order valence-corrected chi connectivity index (χ0v) is 12.9. The number of rotatable bonds is 6. The summed E-state index contributed by atoms with van der Waals surface area (Å²) in [6.45, 7) is 4.09. The quantitative estimate of drug-likeness (QED) is 0.857. The molecule has 1 aliphatic heterocycles. The number of hydrogen-bond donors (Lipinski definition) is 1. The zero-order valence-electron chi connectivity index (χ0n) is 12.9. The molecule has 20 heavy (non-hydrogen) atoms. The molecule has 1 aliphatic rings. The van der Waals surface area contributed by atoms with Crippen LogP contribution in [0.15, 0.2) is 24.3 Å². The van der Waals surface area contributed by atoms with Crippen molar-refractivity contribution in [3.05, 3.63) is 29.8 Å². The molecular weight excluding hydrogens is 250 g/mol. The van der Waals surface area contributed by atoms with Crippen molar-refractivity contribution in [3.8, 4) is 5.75 Å². The topological polar surface area (TPSA) is 41.7 Å². The number of hydrogen-bond acceptors (Lipinski definition) is 4. The maximum Gasteiger partial charge on any atom is 0.123 e. The van der Waals surface area contributed by atoms with Gasteiger partial charge in [-0.3, -0.25) is 4.90 Å². The van der Waals surface area contributed by atoms with E-state index in [0.717, 1.165) is 18.2 Å². The molecule has 1 fully saturated rings. The van der Waals surface area contributed by atoms with Gasteiger partial charge in [-0.05, 0) is 39.0 Å². The van der Waals surface area contributed by atoms with Crippen LogP contribution in [0.1, 0.15) is 18.0 Å². The van der Waals surface area contributed by atoms with Gasteiger partial charge >= 0.3 is 0 Å². The molecule has 1 saturated heterocycles. The Hall–Kier alpha value is -1.10. The van der Waals surface area contributed by atoms with Gasteiger partial charge in [0.1, 0.15) is 5.75 Å². The third kappa shape index (κ3) is 3.51. The van der Waals surface area contributed by atoms with Gasteiger partial charge in [-0.2, -0.15) is 0 Å². The maximum absolute atomic E-state index is 6.02. The third-order valence-corrected chi connectivity index (χ3v) is 4.29. The predicted octanol–water partition coefficient (Wildman–Crippen LogP) is 1.58. The van der Waals surface area contributed by atoms with Crippen LogP contribution in [0.2, 0.25) is 0 Å². The number of nitrogens with two attached hydrogens (primary N) is 1. The van der Waals surface area contributed by atoms with Gasteiger partial charge in [-0.15, -0.1) is 0 Å². The van der Waals surface area contributed by atoms with Gasteiger partial charge in [0, 0.05) is 25.2 Å². The van der Waals surface area contributed by atoms with Crippen molar-refractivity contribution in [2.24, 2.45) is 11.7 Å². The van der Waals surface area contributed by atoms with Crippen LogP contribution < -0.4 is 10.5 Å². The molecule has 2 N–H and O–H groups in total. The number of para-hydroxylation sites is 1. The Balaban J connectivity index is 2.06. The van der Waals surface area contributed by atoms with E-state index in [1.54, 1.807) is 7.11 Å². The molecule has 0 spiro atoms. The van der Waals surface area contributed by atoms with E-state index >= 15 is 0 Å². The van der Waals surface area contributed by atoms with Gasteiger partial charge in [-0.1, -0.05) is 18.2 Å². The molecular formula is C16H27N3O. The molecule has 0 saturated carbocycles. The fraction of sp³-hybridized carbons (Fsp3) is 0.625. The molecule has 1 aromatic rings. The van der Waals surface area contributed by atoms with Gasteiger partial charge in [0.2, 0.25) is 0 Å². The van der Waals surface area contributed by atoms with Crippen molar-refractivity contribution in [2.45, 2.75) is 12.5 Å². The maximum atomic E-state index is 6.02. The Labute approximate surface area is 122 Å². The highest BCUT2D eigenvalue weighted by molar-refractivity contribution is 5.36. The van der Waals surface area contributed by atoms with Crippen molar-refractivity contribution in [3.63, 3.8) is 0 Å². The van der Waals surface area contributed by atoms with Crippen LogP contribution in [-0.2, 0) is 0 Å². The summed E-state index contributed by atoms with van der Waals surface area (Å²) in [4.78, 5) is 4.78. The van der Waals surface area contributed by atoms with Gasteiger partial charge in [0.15, 0.2) is 0 Å². The molecule has 4 heteroatoms. The second-order valence-electron chi connectivity index (χ2n) is 5.85. The summed E-state index contributed by atoms with van der Waals surface area (Å²) in [5.74, 6) is 1.67. The molecule has 2 rings (SSSR count). The first-order chi connectivity index (χ1) is 9.65. The van der Waals surface area contributed by atoms with Gasteiger partial charge in [0.05, 0.1) is 13.2 Å². The number of nitrogens with zero attached hydrogens (tertiary/aromatic N) is 2. The summed E-state index contributed by atoms with van der Waals surface area (Å²) >= 11 is 0. The van der Waals surface area contributed by atoms with E-state index in [-0.39, 0.29) is 6.04 Å². The molecule has 0 aliphatic carbocycles. The van der Waals surface area contributed by atoms with Gasteiger partial charge < -0.3 is 15.4 Å². The smallest absolute Gasteiger partial charge is 0.123 e. The first kappa shape index (κ1) is 15.3. The van der Waals surface area contributed by atoms with Crippen molar-refractivity contribution in [1.29, 1.82) is 0 Å².